The number of carbonyl (C=O) groups is 1. The summed E-state index contributed by atoms with van der Waals surface area (Å²) in [6.45, 7) is 0.346. The Labute approximate surface area is 186 Å². The number of amides is 1. The minimum atomic E-state index is -4.73. The molecule has 33 heavy (non-hydrogen) atoms. The van der Waals surface area contributed by atoms with Crippen molar-refractivity contribution < 1.29 is 30.8 Å². The van der Waals surface area contributed by atoms with Crippen LogP contribution in [0.3, 0.4) is 0 Å². The molecule has 8 nitrogen and oxygen atoms in total. The van der Waals surface area contributed by atoms with E-state index < -0.39 is 39.2 Å². The average Bonchev–Trinajstić information content (AvgIpc) is 3.00. The molecular weight excluding hydrogens is 466 g/mol. The molecule has 2 aromatic rings. The lowest BCUT2D eigenvalue weighted by atomic mass is 9.92. The van der Waals surface area contributed by atoms with Gasteiger partial charge in [-0.05, 0) is 38.3 Å². The minimum absolute atomic E-state index is 0.0115. The fourth-order valence-corrected chi connectivity index (χ4v) is 5.28. The molecule has 0 aromatic carbocycles. The van der Waals surface area contributed by atoms with Crippen LogP contribution in [0, 0.1) is 5.82 Å². The molecule has 1 amide bonds. The van der Waals surface area contributed by atoms with E-state index in [1.54, 1.807) is 9.29 Å². The lowest BCUT2D eigenvalue weighted by Gasteiger charge is -2.30. The Morgan fingerprint density at radius 1 is 1.33 bits per heavy atom. The van der Waals surface area contributed by atoms with Crippen LogP contribution in [-0.4, -0.2) is 53.6 Å². The lowest BCUT2D eigenvalue weighted by molar-refractivity contribution is -0.147. The first-order valence-corrected chi connectivity index (χ1v) is 11.7. The number of hydrogen-bond acceptors (Lipinski definition) is 5. The van der Waals surface area contributed by atoms with Crippen molar-refractivity contribution in [2.45, 2.75) is 49.7 Å². The van der Waals surface area contributed by atoms with E-state index in [2.05, 4.69) is 9.98 Å². The lowest BCUT2D eigenvalue weighted by Crippen LogP contribution is -2.47. The Hall–Kier alpha value is -2.80. The summed E-state index contributed by atoms with van der Waals surface area (Å²) in [6, 6.07) is -1.13. The zero-order chi connectivity index (χ0) is 24.1. The van der Waals surface area contributed by atoms with E-state index in [-0.39, 0.29) is 29.2 Å². The Morgan fingerprint density at radius 3 is 2.55 bits per heavy atom. The third kappa shape index (κ3) is 4.26. The van der Waals surface area contributed by atoms with Gasteiger partial charge >= 0.3 is 6.18 Å². The Balaban J connectivity index is 1.74. The first-order valence-electron chi connectivity index (χ1n) is 10.2. The van der Waals surface area contributed by atoms with Gasteiger partial charge in [0.15, 0.2) is 0 Å². The normalized spacial score (nSPS) is 20.5. The van der Waals surface area contributed by atoms with Crippen molar-refractivity contribution in [3.63, 3.8) is 0 Å². The fourth-order valence-electron chi connectivity index (χ4n) is 3.92. The number of hydrogen-bond donors (Lipinski definition) is 2. The second-order valence-electron chi connectivity index (χ2n) is 8.12. The van der Waals surface area contributed by atoms with Gasteiger partial charge in [0, 0.05) is 11.4 Å². The number of nitrogens with zero attached hydrogens (tertiary/aromatic N) is 3. The van der Waals surface area contributed by atoms with Crippen molar-refractivity contribution in [1.82, 2.24) is 14.3 Å². The first kappa shape index (κ1) is 23.4. The number of fused-ring (bicyclic) bond motifs is 1. The molecule has 0 radical (unpaired) electrons. The van der Waals surface area contributed by atoms with E-state index in [0.29, 0.717) is 18.3 Å². The van der Waals surface area contributed by atoms with Crippen LogP contribution < -0.4 is 10.5 Å². The zero-order valence-electron chi connectivity index (χ0n) is 17.4. The highest BCUT2D eigenvalue weighted by molar-refractivity contribution is 7.90. The van der Waals surface area contributed by atoms with Gasteiger partial charge in [0.1, 0.15) is 22.8 Å². The van der Waals surface area contributed by atoms with Crippen molar-refractivity contribution >= 4 is 32.7 Å². The highest BCUT2D eigenvalue weighted by Crippen LogP contribution is 2.39. The van der Waals surface area contributed by atoms with Gasteiger partial charge in [-0.25, -0.2) is 22.5 Å². The molecule has 0 saturated heterocycles. The number of allylic oxidation sites excluding steroid dienone is 1. The molecule has 3 heterocycles. The van der Waals surface area contributed by atoms with Gasteiger partial charge in [-0.2, -0.15) is 13.2 Å². The number of carbonyl (C=O) groups excluding carboxylic acids is 1. The number of primary amides is 1. The maximum absolute atomic E-state index is 13.9. The molecule has 13 heteroatoms. The van der Waals surface area contributed by atoms with Crippen LogP contribution in [0.1, 0.15) is 48.3 Å². The molecular formula is C20H21F4N5O3S. The summed E-state index contributed by atoms with van der Waals surface area (Å²) < 4.78 is 80.5. The molecule has 2 atom stereocenters. The van der Waals surface area contributed by atoms with Crippen LogP contribution >= 0.6 is 0 Å². The van der Waals surface area contributed by atoms with E-state index in [1.807, 2.05) is 0 Å². The van der Waals surface area contributed by atoms with Gasteiger partial charge in [0.05, 0.1) is 29.7 Å². The maximum Gasteiger partial charge on any atom is 0.404 e. The predicted molar refractivity (Wildman–Crippen MR) is 113 cm³/mol. The summed E-state index contributed by atoms with van der Waals surface area (Å²) in [5, 5.41) is -1.11. The number of pyridine rings is 1. The van der Waals surface area contributed by atoms with Crippen LogP contribution in [0.25, 0.3) is 11.0 Å². The average molecular weight is 487 g/mol. The third-order valence-electron chi connectivity index (χ3n) is 5.88. The molecule has 2 aliphatic rings. The molecule has 2 aromatic heterocycles. The number of nitrogens with two attached hydrogens (primary N) is 1. The van der Waals surface area contributed by atoms with Crippen molar-refractivity contribution in [2.75, 3.05) is 6.54 Å². The summed E-state index contributed by atoms with van der Waals surface area (Å²) >= 11 is 0. The number of aromatic nitrogens is 2. The Morgan fingerprint density at radius 2 is 2.03 bits per heavy atom. The highest BCUT2D eigenvalue weighted by atomic mass is 32.2. The number of aliphatic imine (C=N–C) groups is 1. The fraction of sp³-hybridized carbons (Fsp3) is 0.450. The van der Waals surface area contributed by atoms with Crippen molar-refractivity contribution in [1.29, 1.82) is 0 Å². The molecule has 1 saturated carbocycles. The summed E-state index contributed by atoms with van der Waals surface area (Å²) in [5.74, 6) is -1.48. The summed E-state index contributed by atoms with van der Waals surface area (Å²) in [4.78, 5) is 20.7. The van der Waals surface area contributed by atoms with Gasteiger partial charge in [-0.1, -0.05) is 6.08 Å². The molecule has 1 aliphatic carbocycles. The standard InChI is InChI=1S/C20H21F4N5O3S/c1-10(20(22,23)24)28-33(31,32)13-5-6-15(26-9-13)17-16(18(25)30)14-7-11(21)8-27-19(14)29(17)12-3-2-4-12/h5-8,10,12-13,28H,2-4,9H2,1H3,(H2,25,30). The summed E-state index contributed by atoms with van der Waals surface area (Å²) in [5.41, 5.74) is 6.50. The summed E-state index contributed by atoms with van der Waals surface area (Å²) in [7, 11) is -4.37. The molecule has 178 valence electrons. The maximum atomic E-state index is 13.9. The van der Waals surface area contributed by atoms with Crippen molar-refractivity contribution in [3.05, 3.63) is 41.5 Å². The van der Waals surface area contributed by atoms with Crippen LogP contribution in [0.5, 0.6) is 0 Å². The summed E-state index contributed by atoms with van der Waals surface area (Å²) in [6.07, 6.45) is 1.38. The van der Waals surface area contributed by atoms with E-state index in [0.717, 1.165) is 31.5 Å². The second-order valence-corrected chi connectivity index (χ2v) is 10.0. The number of halogens is 4. The number of sulfonamides is 1. The number of alkyl halides is 3. The SMILES string of the molecule is CC(NS(=O)(=O)C1C=CC(c2c(C(N)=O)c3cc(F)cnc3n2C2CCC2)=NC1)C(F)(F)F. The largest absolute Gasteiger partial charge is 0.404 e. The number of rotatable bonds is 6. The monoisotopic (exact) mass is 487 g/mol. The Kier molecular flexibility index (Phi) is 5.81. The molecule has 0 bridgehead atoms. The first-order chi connectivity index (χ1) is 15.4. The number of dihydropyridines is 1. The molecule has 0 spiro atoms. The van der Waals surface area contributed by atoms with E-state index >= 15 is 0 Å². The van der Waals surface area contributed by atoms with Gasteiger partial charge in [0.25, 0.3) is 5.91 Å². The quantitative estimate of drug-likeness (QED) is 0.609. The van der Waals surface area contributed by atoms with Crippen LogP contribution in [0.4, 0.5) is 17.6 Å². The molecule has 1 aliphatic heterocycles. The Bertz CT molecular complexity index is 1280. The van der Waals surface area contributed by atoms with Gasteiger partial charge < -0.3 is 10.3 Å². The van der Waals surface area contributed by atoms with Gasteiger partial charge in [0.2, 0.25) is 10.0 Å². The smallest absolute Gasteiger partial charge is 0.366 e. The van der Waals surface area contributed by atoms with Crippen LogP contribution in [-0.2, 0) is 10.0 Å². The highest BCUT2D eigenvalue weighted by Gasteiger charge is 2.40. The minimum Gasteiger partial charge on any atom is -0.366 e. The van der Waals surface area contributed by atoms with Crippen molar-refractivity contribution in [2.24, 2.45) is 10.7 Å². The third-order valence-corrected chi connectivity index (χ3v) is 7.66. The second kappa shape index (κ2) is 8.20. The molecule has 3 N–H and O–H groups in total. The molecule has 2 unspecified atom stereocenters. The topological polar surface area (TPSA) is 119 Å². The zero-order valence-corrected chi connectivity index (χ0v) is 18.3. The van der Waals surface area contributed by atoms with Gasteiger partial charge in [-0.3, -0.25) is 9.79 Å². The van der Waals surface area contributed by atoms with Crippen LogP contribution in [0.15, 0.2) is 29.4 Å². The van der Waals surface area contributed by atoms with E-state index in [1.165, 1.54) is 12.2 Å². The van der Waals surface area contributed by atoms with E-state index in [4.69, 9.17) is 5.73 Å². The number of nitrogens with one attached hydrogen (secondary N) is 1. The van der Waals surface area contributed by atoms with Gasteiger partial charge in [-0.15, -0.1) is 0 Å². The predicted octanol–water partition coefficient (Wildman–Crippen LogP) is 2.60. The molecule has 1 fully saturated rings. The molecule has 4 rings (SSSR count). The van der Waals surface area contributed by atoms with Crippen LogP contribution in [0.2, 0.25) is 0 Å². The van der Waals surface area contributed by atoms with E-state index in [9.17, 15) is 30.8 Å². The van der Waals surface area contributed by atoms with Crippen molar-refractivity contribution in [3.8, 4) is 0 Å².